The lowest BCUT2D eigenvalue weighted by molar-refractivity contribution is -0.166. The van der Waals surface area contributed by atoms with Gasteiger partial charge in [0.15, 0.2) is 6.04 Å². The Morgan fingerprint density at radius 2 is 2.20 bits per heavy atom. The Morgan fingerprint density at radius 1 is 1.48 bits per heavy atom. The molecule has 8 heteroatoms. The van der Waals surface area contributed by atoms with Gasteiger partial charge in [0, 0.05) is 25.1 Å². The lowest BCUT2D eigenvalue weighted by Gasteiger charge is -2.31. The minimum atomic E-state index is -0.729. The van der Waals surface area contributed by atoms with Gasteiger partial charge in [-0.1, -0.05) is 26.0 Å². The summed E-state index contributed by atoms with van der Waals surface area (Å²) in [5, 5.41) is 20.7. The van der Waals surface area contributed by atoms with E-state index in [9.17, 15) is 14.7 Å². The second-order valence-electron chi connectivity index (χ2n) is 7.73. The van der Waals surface area contributed by atoms with E-state index in [0.717, 1.165) is 18.5 Å². The summed E-state index contributed by atoms with van der Waals surface area (Å²) in [6, 6.07) is -1.38. The van der Waals surface area contributed by atoms with Crippen LogP contribution < -0.4 is 5.32 Å². The zero-order valence-corrected chi connectivity index (χ0v) is 14.9. The normalized spacial score (nSPS) is 25.0. The lowest BCUT2D eigenvalue weighted by Crippen LogP contribution is -2.40. The van der Waals surface area contributed by atoms with Crippen molar-refractivity contribution in [3.8, 4) is 0 Å². The SMILES string of the molecule is CCC(C)(C)[C@@H](C(=O)OC(=O)[C@H]1C[C@@H](O)CN1)n1cc(C2CC2)nn1. The summed E-state index contributed by atoms with van der Waals surface area (Å²) in [5.41, 5.74) is 0.436. The van der Waals surface area contributed by atoms with Crippen LogP contribution in [0.5, 0.6) is 0 Å². The highest BCUT2D eigenvalue weighted by molar-refractivity contribution is 5.90. The van der Waals surface area contributed by atoms with Gasteiger partial charge in [0.1, 0.15) is 6.04 Å². The number of esters is 2. The van der Waals surface area contributed by atoms with Crippen molar-refractivity contribution < 1.29 is 19.4 Å². The molecule has 1 aliphatic carbocycles. The van der Waals surface area contributed by atoms with Crippen molar-refractivity contribution in [3.05, 3.63) is 11.9 Å². The zero-order valence-electron chi connectivity index (χ0n) is 14.9. The molecular weight excluding hydrogens is 324 g/mol. The number of nitrogens with one attached hydrogen (secondary N) is 1. The molecule has 0 spiro atoms. The summed E-state index contributed by atoms with van der Waals surface area (Å²) in [6.45, 7) is 6.19. The smallest absolute Gasteiger partial charge is 0.339 e. The fourth-order valence-corrected chi connectivity index (χ4v) is 3.08. The van der Waals surface area contributed by atoms with Gasteiger partial charge in [0.25, 0.3) is 0 Å². The molecule has 1 aromatic rings. The summed E-state index contributed by atoms with van der Waals surface area (Å²) in [7, 11) is 0. The highest BCUT2D eigenvalue weighted by Gasteiger charge is 2.41. The van der Waals surface area contributed by atoms with E-state index < -0.39 is 35.5 Å². The fourth-order valence-electron chi connectivity index (χ4n) is 3.08. The van der Waals surface area contributed by atoms with E-state index in [1.807, 2.05) is 20.8 Å². The molecule has 0 unspecified atom stereocenters. The summed E-state index contributed by atoms with van der Waals surface area (Å²) in [4.78, 5) is 25.0. The summed E-state index contributed by atoms with van der Waals surface area (Å²) in [5.74, 6) is -0.853. The van der Waals surface area contributed by atoms with Gasteiger partial charge >= 0.3 is 11.9 Å². The number of carbonyl (C=O) groups excluding carboxylic acids is 2. The summed E-state index contributed by atoms with van der Waals surface area (Å²) < 4.78 is 6.66. The first-order valence-corrected chi connectivity index (χ1v) is 8.90. The Balaban J connectivity index is 1.76. The van der Waals surface area contributed by atoms with Crippen molar-refractivity contribution in [2.45, 2.75) is 70.6 Å². The van der Waals surface area contributed by atoms with Crippen LogP contribution in [-0.4, -0.2) is 50.7 Å². The van der Waals surface area contributed by atoms with Crippen molar-refractivity contribution in [2.24, 2.45) is 5.41 Å². The van der Waals surface area contributed by atoms with Gasteiger partial charge in [-0.25, -0.2) is 14.3 Å². The maximum atomic E-state index is 12.8. The molecule has 1 aliphatic heterocycles. The van der Waals surface area contributed by atoms with Crippen LogP contribution in [0, 0.1) is 5.41 Å². The van der Waals surface area contributed by atoms with E-state index in [0.29, 0.717) is 18.9 Å². The number of carbonyl (C=O) groups is 2. The maximum Gasteiger partial charge on any atom is 0.339 e. The van der Waals surface area contributed by atoms with Crippen molar-refractivity contribution in [1.82, 2.24) is 20.3 Å². The molecule has 2 fully saturated rings. The number of aromatic nitrogens is 3. The fraction of sp³-hybridized carbons (Fsp3) is 0.765. The van der Waals surface area contributed by atoms with Crippen LogP contribution in [0.15, 0.2) is 6.20 Å². The van der Waals surface area contributed by atoms with E-state index in [1.165, 1.54) is 4.68 Å². The Kier molecular flexibility index (Phi) is 4.92. The number of hydrogen-bond acceptors (Lipinski definition) is 7. The number of aliphatic hydroxyl groups excluding tert-OH is 1. The standard InChI is InChI=1S/C17H26N4O4/c1-4-17(2,3)14(21-9-13(19-20-21)10-5-6-10)16(24)25-15(23)12-7-11(22)8-18-12/h9-12,14,18,22H,4-8H2,1-3H3/t11-,12-,14-/m1/s1. The highest BCUT2D eigenvalue weighted by atomic mass is 16.6. The van der Waals surface area contributed by atoms with Gasteiger partial charge in [0.05, 0.1) is 11.8 Å². The molecule has 2 aliphatic rings. The number of β-amino-alcohol motifs (C(OH)–C–C–N with tert-alkyl or cyclic N) is 1. The quantitative estimate of drug-likeness (QED) is 0.580. The first-order chi connectivity index (χ1) is 11.8. The van der Waals surface area contributed by atoms with Gasteiger partial charge in [-0.3, -0.25) is 0 Å². The number of aliphatic hydroxyl groups is 1. The molecule has 0 radical (unpaired) electrons. The van der Waals surface area contributed by atoms with Crippen LogP contribution in [0.25, 0.3) is 0 Å². The van der Waals surface area contributed by atoms with Gasteiger partial charge < -0.3 is 15.2 Å². The number of hydrogen-bond donors (Lipinski definition) is 2. The van der Waals surface area contributed by atoms with Crippen molar-refractivity contribution in [2.75, 3.05) is 6.54 Å². The molecule has 0 bridgehead atoms. The van der Waals surface area contributed by atoms with Crippen molar-refractivity contribution in [1.29, 1.82) is 0 Å². The van der Waals surface area contributed by atoms with Gasteiger partial charge in [0.2, 0.25) is 0 Å². The third kappa shape index (κ3) is 3.90. The summed E-state index contributed by atoms with van der Waals surface area (Å²) >= 11 is 0. The maximum absolute atomic E-state index is 12.8. The molecule has 3 rings (SSSR count). The average Bonchev–Trinajstić information content (AvgIpc) is 3.14. The second kappa shape index (κ2) is 6.84. The first kappa shape index (κ1) is 18.0. The Hall–Kier alpha value is -1.80. The largest absolute Gasteiger partial charge is 0.392 e. The second-order valence-corrected chi connectivity index (χ2v) is 7.73. The molecule has 8 nitrogen and oxygen atoms in total. The van der Waals surface area contributed by atoms with Gasteiger partial charge in [-0.05, 0) is 24.7 Å². The summed E-state index contributed by atoms with van der Waals surface area (Å²) in [6.07, 6.45) is 4.36. The highest BCUT2D eigenvalue weighted by Crippen LogP contribution is 2.40. The molecule has 138 valence electrons. The first-order valence-electron chi connectivity index (χ1n) is 8.90. The minimum absolute atomic E-state index is 0.253. The lowest BCUT2D eigenvalue weighted by atomic mass is 9.82. The molecule has 1 aromatic heterocycles. The molecule has 0 aromatic carbocycles. The predicted molar refractivity (Wildman–Crippen MR) is 88.6 cm³/mol. The molecular formula is C17H26N4O4. The molecule has 2 heterocycles. The van der Waals surface area contributed by atoms with Crippen LogP contribution in [-0.2, 0) is 14.3 Å². The van der Waals surface area contributed by atoms with E-state index in [-0.39, 0.29) is 6.42 Å². The Morgan fingerprint density at radius 3 is 2.76 bits per heavy atom. The van der Waals surface area contributed by atoms with E-state index >= 15 is 0 Å². The molecule has 2 N–H and O–H groups in total. The molecule has 1 saturated heterocycles. The van der Waals surface area contributed by atoms with E-state index in [1.54, 1.807) is 6.20 Å². The van der Waals surface area contributed by atoms with Crippen LogP contribution in [0.1, 0.15) is 64.1 Å². The van der Waals surface area contributed by atoms with Gasteiger partial charge in [-0.15, -0.1) is 5.10 Å². The Labute approximate surface area is 146 Å². The third-order valence-electron chi connectivity index (χ3n) is 5.26. The van der Waals surface area contributed by atoms with Crippen molar-refractivity contribution >= 4 is 11.9 Å². The van der Waals surface area contributed by atoms with Crippen LogP contribution >= 0.6 is 0 Å². The molecule has 1 saturated carbocycles. The van der Waals surface area contributed by atoms with E-state index in [4.69, 9.17) is 4.74 Å². The third-order valence-corrected chi connectivity index (χ3v) is 5.26. The van der Waals surface area contributed by atoms with Crippen LogP contribution in [0.3, 0.4) is 0 Å². The van der Waals surface area contributed by atoms with E-state index in [2.05, 4.69) is 15.6 Å². The minimum Gasteiger partial charge on any atom is -0.392 e. The topological polar surface area (TPSA) is 106 Å². The van der Waals surface area contributed by atoms with Crippen molar-refractivity contribution in [3.63, 3.8) is 0 Å². The number of rotatable bonds is 6. The monoisotopic (exact) mass is 350 g/mol. The predicted octanol–water partition coefficient (Wildman–Crippen LogP) is 0.925. The van der Waals surface area contributed by atoms with Gasteiger partial charge in [-0.2, -0.15) is 0 Å². The molecule has 25 heavy (non-hydrogen) atoms. The molecule has 0 amide bonds. The number of nitrogens with zero attached hydrogens (tertiary/aromatic N) is 3. The van der Waals surface area contributed by atoms with Crippen LogP contribution in [0.4, 0.5) is 0 Å². The number of ether oxygens (including phenoxy) is 1. The Bertz CT molecular complexity index is 653. The molecule has 3 atom stereocenters. The average molecular weight is 350 g/mol. The van der Waals surface area contributed by atoms with Crippen LogP contribution in [0.2, 0.25) is 0 Å². The zero-order chi connectivity index (χ0) is 18.2.